The maximum atomic E-state index is 12.7. The zero-order chi connectivity index (χ0) is 21.5. The summed E-state index contributed by atoms with van der Waals surface area (Å²) in [6.45, 7) is 5.92. The van der Waals surface area contributed by atoms with Crippen LogP contribution in [0.5, 0.6) is 0 Å². The van der Waals surface area contributed by atoms with Crippen LogP contribution in [0, 0.1) is 6.92 Å². The van der Waals surface area contributed by atoms with Crippen molar-refractivity contribution in [3.05, 3.63) is 65.9 Å². The molecule has 1 aliphatic rings. The van der Waals surface area contributed by atoms with Crippen molar-refractivity contribution in [1.82, 2.24) is 0 Å². The molecule has 0 bridgehead atoms. The molecule has 0 fully saturated rings. The standard InChI is InChI=1S/C23H25N3O3S/c1-4-29-22(27)14-18-13-21(26-20-11-6-5-10-19(20)24-18)30-16(3)23(28)25-17-9-7-8-15(2)12-17/h5-13,16,24H,4,14H2,1-3H3,(H,25,28)/t16-/m0/s1. The van der Waals surface area contributed by atoms with Gasteiger partial charge in [-0.2, -0.15) is 0 Å². The van der Waals surface area contributed by atoms with Gasteiger partial charge in [0.1, 0.15) is 0 Å². The van der Waals surface area contributed by atoms with Crippen LogP contribution in [0.4, 0.5) is 17.1 Å². The molecule has 30 heavy (non-hydrogen) atoms. The molecule has 1 aliphatic heterocycles. The molecule has 1 amide bonds. The molecule has 2 N–H and O–H groups in total. The van der Waals surface area contributed by atoms with Gasteiger partial charge in [-0.3, -0.25) is 9.59 Å². The number of esters is 1. The van der Waals surface area contributed by atoms with Crippen molar-refractivity contribution in [2.75, 3.05) is 17.2 Å². The third kappa shape index (κ3) is 5.97. The summed E-state index contributed by atoms with van der Waals surface area (Å²) in [6.07, 6.45) is 1.91. The van der Waals surface area contributed by atoms with Gasteiger partial charge in [-0.05, 0) is 56.7 Å². The van der Waals surface area contributed by atoms with Gasteiger partial charge in [0.25, 0.3) is 0 Å². The second-order valence-corrected chi connectivity index (χ2v) is 8.22. The lowest BCUT2D eigenvalue weighted by atomic mass is 10.2. The second-order valence-electron chi connectivity index (χ2n) is 6.86. The number of hydrogen-bond donors (Lipinski definition) is 2. The molecular formula is C23H25N3O3S. The Balaban J connectivity index is 1.77. The number of nitrogens with one attached hydrogen (secondary N) is 2. The number of para-hydroxylation sites is 2. The summed E-state index contributed by atoms with van der Waals surface area (Å²) in [7, 11) is 0. The van der Waals surface area contributed by atoms with Crippen LogP contribution in [-0.4, -0.2) is 28.8 Å². The van der Waals surface area contributed by atoms with E-state index in [4.69, 9.17) is 9.73 Å². The van der Waals surface area contributed by atoms with E-state index in [2.05, 4.69) is 10.6 Å². The van der Waals surface area contributed by atoms with Crippen LogP contribution in [0.3, 0.4) is 0 Å². The van der Waals surface area contributed by atoms with Crippen molar-refractivity contribution >= 4 is 45.7 Å². The molecule has 3 rings (SSSR count). The number of aryl methyl sites for hydroxylation is 1. The van der Waals surface area contributed by atoms with Crippen LogP contribution in [0.25, 0.3) is 0 Å². The Kier molecular flexibility index (Phi) is 7.30. The molecule has 156 valence electrons. The van der Waals surface area contributed by atoms with Crippen LogP contribution < -0.4 is 10.6 Å². The van der Waals surface area contributed by atoms with Crippen LogP contribution in [0.15, 0.2) is 65.3 Å². The monoisotopic (exact) mass is 423 g/mol. The molecule has 2 aromatic rings. The van der Waals surface area contributed by atoms with E-state index >= 15 is 0 Å². The lowest BCUT2D eigenvalue weighted by molar-refractivity contribution is -0.142. The fraction of sp³-hybridized carbons (Fsp3) is 0.261. The number of nitrogens with zero attached hydrogens (tertiary/aromatic N) is 1. The summed E-state index contributed by atoms with van der Waals surface area (Å²) in [5, 5.41) is 6.47. The average molecular weight is 424 g/mol. The summed E-state index contributed by atoms with van der Waals surface area (Å²) >= 11 is 1.34. The van der Waals surface area contributed by atoms with Crippen molar-refractivity contribution in [1.29, 1.82) is 0 Å². The number of ether oxygens (including phenoxy) is 1. The van der Waals surface area contributed by atoms with E-state index in [0.29, 0.717) is 17.3 Å². The Morgan fingerprint density at radius 2 is 2.00 bits per heavy atom. The van der Waals surface area contributed by atoms with Gasteiger partial charge in [0.2, 0.25) is 5.91 Å². The van der Waals surface area contributed by atoms with Crippen molar-refractivity contribution in [2.24, 2.45) is 4.99 Å². The largest absolute Gasteiger partial charge is 0.466 e. The van der Waals surface area contributed by atoms with Crippen molar-refractivity contribution in [2.45, 2.75) is 32.4 Å². The van der Waals surface area contributed by atoms with Gasteiger partial charge in [-0.1, -0.05) is 36.0 Å². The Hall–Kier alpha value is -3.06. The molecule has 6 nitrogen and oxygen atoms in total. The topological polar surface area (TPSA) is 79.8 Å². The van der Waals surface area contributed by atoms with Gasteiger partial charge < -0.3 is 15.4 Å². The van der Waals surface area contributed by atoms with E-state index < -0.39 is 0 Å². The maximum absolute atomic E-state index is 12.7. The predicted molar refractivity (Wildman–Crippen MR) is 123 cm³/mol. The fourth-order valence-electron chi connectivity index (χ4n) is 2.91. The van der Waals surface area contributed by atoms with Gasteiger partial charge >= 0.3 is 5.97 Å². The van der Waals surface area contributed by atoms with Crippen LogP contribution in [0.1, 0.15) is 25.8 Å². The summed E-state index contributed by atoms with van der Waals surface area (Å²) in [5.41, 5.74) is 4.08. The molecule has 0 spiro atoms. The number of aliphatic imine (C=N–C) groups is 1. The fourth-order valence-corrected chi connectivity index (χ4v) is 3.80. The first-order valence-corrected chi connectivity index (χ1v) is 10.7. The SMILES string of the molecule is CCOC(=O)CC1=CC(S[C@@H](C)C(=O)Nc2cccc(C)c2)=Nc2ccccc2N1. The van der Waals surface area contributed by atoms with Crippen LogP contribution >= 0.6 is 11.8 Å². The molecule has 1 heterocycles. The number of thioether (sulfide) groups is 1. The van der Waals surface area contributed by atoms with E-state index in [-0.39, 0.29) is 23.5 Å². The van der Waals surface area contributed by atoms with E-state index in [1.807, 2.05) is 62.4 Å². The number of fused-ring (bicyclic) bond motifs is 1. The molecule has 2 aromatic carbocycles. The van der Waals surface area contributed by atoms with Crippen molar-refractivity contribution < 1.29 is 14.3 Å². The number of anilines is 2. The lowest BCUT2D eigenvalue weighted by Crippen LogP contribution is -2.23. The van der Waals surface area contributed by atoms with Crippen LogP contribution in [-0.2, 0) is 14.3 Å². The molecule has 0 radical (unpaired) electrons. The number of carbonyl (C=O) groups is 2. The molecule has 0 unspecified atom stereocenters. The molecule has 0 saturated heterocycles. The van der Waals surface area contributed by atoms with E-state index in [1.54, 1.807) is 13.0 Å². The predicted octanol–water partition coefficient (Wildman–Crippen LogP) is 5.05. The first kappa shape index (κ1) is 21.6. The Bertz CT molecular complexity index is 1000. The number of hydrogen-bond acceptors (Lipinski definition) is 6. The molecular weight excluding hydrogens is 398 g/mol. The molecule has 0 saturated carbocycles. The minimum atomic E-state index is -0.380. The van der Waals surface area contributed by atoms with Crippen molar-refractivity contribution in [3.63, 3.8) is 0 Å². The summed E-state index contributed by atoms with van der Waals surface area (Å²) in [4.78, 5) is 29.4. The molecule has 0 aliphatic carbocycles. The number of amides is 1. The maximum Gasteiger partial charge on any atom is 0.311 e. The highest BCUT2D eigenvalue weighted by Gasteiger charge is 2.20. The van der Waals surface area contributed by atoms with Gasteiger partial charge in [-0.15, -0.1) is 0 Å². The number of benzene rings is 2. The minimum absolute atomic E-state index is 0.103. The third-order valence-electron chi connectivity index (χ3n) is 4.32. The van der Waals surface area contributed by atoms with Gasteiger partial charge in [-0.25, -0.2) is 4.99 Å². The number of rotatable bonds is 6. The highest BCUT2D eigenvalue weighted by Crippen LogP contribution is 2.32. The highest BCUT2D eigenvalue weighted by molar-refractivity contribution is 8.15. The highest BCUT2D eigenvalue weighted by atomic mass is 32.2. The van der Waals surface area contributed by atoms with Crippen molar-refractivity contribution in [3.8, 4) is 0 Å². The molecule has 7 heteroatoms. The van der Waals surface area contributed by atoms with Gasteiger partial charge in [0, 0.05) is 11.4 Å². The van der Waals surface area contributed by atoms with Gasteiger partial charge in [0.15, 0.2) is 0 Å². The van der Waals surface area contributed by atoms with Gasteiger partial charge in [0.05, 0.1) is 34.7 Å². The zero-order valence-corrected chi connectivity index (χ0v) is 18.1. The summed E-state index contributed by atoms with van der Waals surface area (Å²) in [5.74, 6) is -0.427. The zero-order valence-electron chi connectivity index (χ0n) is 17.3. The second kappa shape index (κ2) is 10.1. The Labute approximate surface area is 180 Å². The van der Waals surface area contributed by atoms with E-state index in [1.165, 1.54) is 11.8 Å². The Morgan fingerprint density at radius 1 is 1.20 bits per heavy atom. The number of carbonyl (C=O) groups excluding carboxylic acids is 2. The quantitative estimate of drug-likeness (QED) is 0.636. The third-order valence-corrected chi connectivity index (χ3v) is 5.34. The average Bonchev–Trinajstić information content (AvgIpc) is 2.86. The Morgan fingerprint density at radius 3 is 2.77 bits per heavy atom. The molecule has 1 atom stereocenters. The summed E-state index contributed by atoms with van der Waals surface area (Å²) < 4.78 is 5.07. The van der Waals surface area contributed by atoms with E-state index in [0.717, 1.165) is 22.6 Å². The van der Waals surface area contributed by atoms with Crippen LogP contribution in [0.2, 0.25) is 0 Å². The van der Waals surface area contributed by atoms with E-state index in [9.17, 15) is 9.59 Å². The summed E-state index contributed by atoms with van der Waals surface area (Å²) in [6, 6.07) is 15.3. The first-order chi connectivity index (χ1) is 14.4. The lowest BCUT2D eigenvalue weighted by Gasteiger charge is -2.12. The smallest absolute Gasteiger partial charge is 0.311 e. The molecule has 0 aromatic heterocycles. The minimum Gasteiger partial charge on any atom is -0.466 e. The first-order valence-electron chi connectivity index (χ1n) is 9.79. The normalized spacial score (nSPS) is 13.7.